The molecule has 4 nitrogen and oxygen atoms in total. The molecule has 0 bridgehead atoms. The summed E-state index contributed by atoms with van der Waals surface area (Å²) < 4.78 is 4.75. The lowest BCUT2D eigenvalue weighted by atomic mass is 9.97. The molecule has 0 aliphatic heterocycles. The van der Waals surface area contributed by atoms with E-state index < -0.39 is 0 Å². The molecule has 0 radical (unpaired) electrons. The number of nitrogens with zero attached hydrogens (tertiary/aromatic N) is 4. The quantitative estimate of drug-likeness (QED) is 0.164. The number of fused-ring (bicyclic) bond motifs is 10. The Hall–Kier alpha value is -7.47. The van der Waals surface area contributed by atoms with Gasteiger partial charge in [-0.3, -0.25) is 4.57 Å². The molecule has 270 valence electrons. The molecule has 0 N–H and O–H groups in total. The van der Waals surface area contributed by atoms with Crippen LogP contribution in [0.4, 0.5) is 0 Å². The van der Waals surface area contributed by atoms with Crippen molar-refractivity contribution >= 4 is 75.0 Å². The number of pyridine rings is 1. The van der Waals surface area contributed by atoms with Crippen molar-refractivity contribution in [2.75, 3.05) is 0 Å². The van der Waals surface area contributed by atoms with Crippen molar-refractivity contribution in [1.29, 1.82) is 0 Å². The van der Waals surface area contributed by atoms with Crippen LogP contribution in [0.5, 0.6) is 0 Å². The second-order valence-electron chi connectivity index (χ2n) is 14.8. The minimum absolute atomic E-state index is 0.649. The molecule has 8 aromatic carbocycles. The molecule has 5 heteroatoms. The maximum atomic E-state index is 5.32. The third-order valence-electron chi connectivity index (χ3n) is 11.4. The normalized spacial score (nSPS) is 11.8. The Morgan fingerprint density at radius 2 is 0.931 bits per heavy atom. The number of hydrogen-bond donors (Lipinski definition) is 0. The Bertz CT molecular complexity index is 3510. The molecule has 4 aromatic heterocycles. The molecule has 0 saturated heterocycles. The highest BCUT2D eigenvalue weighted by molar-refractivity contribution is 7.26. The van der Waals surface area contributed by atoms with Crippen LogP contribution in [0.15, 0.2) is 194 Å². The summed E-state index contributed by atoms with van der Waals surface area (Å²) in [5.41, 5.74) is 11.5. The van der Waals surface area contributed by atoms with E-state index in [-0.39, 0.29) is 0 Å². The molecular formula is C53H32N4S. The van der Waals surface area contributed by atoms with Crippen molar-refractivity contribution in [3.63, 3.8) is 0 Å². The molecule has 0 saturated carbocycles. The molecule has 0 fully saturated rings. The molecule has 0 unspecified atom stereocenters. The summed E-state index contributed by atoms with van der Waals surface area (Å²) in [4.78, 5) is 15.7. The van der Waals surface area contributed by atoms with E-state index in [1.807, 2.05) is 17.4 Å². The monoisotopic (exact) mass is 756 g/mol. The largest absolute Gasteiger partial charge is 0.278 e. The Labute approximate surface area is 338 Å². The average Bonchev–Trinajstić information content (AvgIpc) is 3.85. The number of benzene rings is 8. The zero-order valence-corrected chi connectivity index (χ0v) is 32.0. The number of rotatable bonds is 5. The highest BCUT2D eigenvalue weighted by Crippen LogP contribution is 2.44. The first-order chi connectivity index (χ1) is 28.7. The minimum atomic E-state index is 0.649. The first-order valence-electron chi connectivity index (χ1n) is 19.5. The van der Waals surface area contributed by atoms with Crippen LogP contribution in [0.3, 0.4) is 0 Å². The molecular weight excluding hydrogens is 725 g/mol. The van der Waals surface area contributed by atoms with Gasteiger partial charge in [0.15, 0.2) is 0 Å². The maximum Gasteiger partial charge on any atom is 0.235 e. The van der Waals surface area contributed by atoms with Crippen LogP contribution in [-0.2, 0) is 0 Å². The van der Waals surface area contributed by atoms with Gasteiger partial charge in [0.1, 0.15) is 0 Å². The van der Waals surface area contributed by atoms with E-state index in [9.17, 15) is 0 Å². The van der Waals surface area contributed by atoms with Gasteiger partial charge in [0.05, 0.1) is 33.6 Å². The number of para-hydroxylation sites is 3. The molecule has 0 amide bonds. The number of aromatic nitrogens is 4. The standard InChI is InChI=1S/C53H32N4S/c1-3-14-33(15-4-1)45-32-46(56-53(55-45)57-47-24-11-8-20-38(47)39-21-9-12-25-48(39)57)37-19-13-18-35(30-37)36-26-27-40-41-28-29-43-50(52(41)58-49(40)31-36)42-22-7-10-23-44(42)54-51(43)34-16-5-2-6-17-34/h1-32H. The van der Waals surface area contributed by atoms with Gasteiger partial charge in [0.2, 0.25) is 5.95 Å². The van der Waals surface area contributed by atoms with Crippen LogP contribution in [0.25, 0.3) is 115 Å². The van der Waals surface area contributed by atoms with E-state index in [1.165, 1.54) is 52.7 Å². The zero-order chi connectivity index (χ0) is 38.2. The van der Waals surface area contributed by atoms with Gasteiger partial charge >= 0.3 is 0 Å². The fraction of sp³-hybridized carbons (Fsp3) is 0. The zero-order valence-electron chi connectivity index (χ0n) is 31.2. The van der Waals surface area contributed by atoms with Gasteiger partial charge in [-0.05, 0) is 47.5 Å². The van der Waals surface area contributed by atoms with Crippen molar-refractivity contribution in [2.45, 2.75) is 0 Å². The van der Waals surface area contributed by atoms with Crippen LogP contribution in [0.1, 0.15) is 0 Å². The number of thiophene rings is 1. The second kappa shape index (κ2) is 13.1. The lowest BCUT2D eigenvalue weighted by Gasteiger charge is -2.12. The van der Waals surface area contributed by atoms with Crippen LogP contribution in [-0.4, -0.2) is 19.5 Å². The molecule has 0 atom stereocenters. The molecule has 12 aromatic rings. The van der Waals surface area contributed by atoms with Gasteiger partial charge in [-0.2, -0.15) is 0 Å². The Morgan fingerprint density at radius 1 is 0.362 bits per heavy atom. The summed E-state index contributed by atoms with van der Waals surface area (Å²) in [5.74, 6) is 0.649. The lowest BCUT2D eigenvalue weighted by Crippen LogP contribution is -2.04. The first kappa shape index (κ1) is 32.7. The van der Waals surface area contributed by atoms with E-state index >= 15 is 0 Å². The third-order valence-corrected chi connectivity index (χ3v) is 12.6. The maximum absolute atomic E-state index is 5.32. The van der Waals surface area contributed by atoms with E-state index in [4.69, 9.17) is 15.0 Å². The predicted molar refractivity (Wildman–Crippen MR) is 244 cm³/mol. The van der Waals surface area contributed by atoms with Gasteiger partial charge in [-0.15, -0.1) is 11.3 Å². The average molecular weight is 757 g/mol. The van der Waals surface area contributed by atoms with E-state index in [2.05, 4.69) is 193 Å². The topological polar surface area (TPSA) is 43.6 Å². The summed E-state index contributed by atoms with van der Waals surface area (Å²) in [6, 6.07) is 68.8. The lowest BCUT2D eigenvalue weighted by molar-refractivity contribution is 0.995. The highest BCUT2D eigenvalue weighted by Gasteiger charge is 2.19. The highest BCUT2D eigenvalue weighted by atomic mass is 32.1. The van der Waals surface area contributed by atoms with Crippen LogP contribution in [0.2, 0.25) is 0 Å². The summed E-state index contributed by atoms with van der Waals surface area (Å²) in [6.45, 7) is 0. The molecule has 0 aliphatic carbocycles. The molecule has 4 heterocycles. The van der Waals surface area contributed by atoms with Crippen molar-refractivity contribution in [3.8, 4) is 50.8 Å². The van der Waals surface area contributed by atoms with Gasteiger partial charge in [0.25, 0.3) is 0 Å². The Morgan fingerprint density at radius 3 is 1.69 bits per heavy atom. The van der Waals surface area contributed by atoms with E-state index in [0.717, 1.165) is 55.9 Å². The summed E-state index contributed by atoms with van der Waals surface area (Å²) in [5, 5.41) is 8.53. The van der Waals surface area contributed by atoms with E-state index in [0.29, 0.717) is 5.95 Å². The summed E-state index contributed by atoms with van der Waals surface area (Å²) in [6.07, 6.45) is 0. The minimum Gasteiger partial charge on any atom is -0.278 e. The second-order valence-corrected chi connectivity index (χ2v) is 15.8. The van der Waals surface area contributed by atoms with E-state index in [1.54, 1.807) is 0 Å². The molecule has 0 aliphatic rings. The SMILES string of the molecule is c1ccc(-c2cc(-c3cccc(-c4ccc5c(c4)sc4c5ccc5c(-c6ccccc6)nc6ccccc6c54)c3)nc(-n3c4ccccc4c4ccccc43)n2)cc1. The van der Waals surface area contributed by atoms with Crippen molar-refractivity contribution in [2.24, 2.45) is 0 Å². The van der Waals surface area contributed by atoms with Crippen molar-refractivity contribution < 1.29 is 0 Å². The van der Waals surface area contributed by atoms with Crippen LogP contribution >= 0.6 is 11.3 Å². The molecule has 12 rings (SSSR count). The summed E-state index contributed by atoms with van der Waals surface area (Å²) in [7, 11) is 0. The predicted octanol–water partition coefficient (Wildman–Crippen LogP) is 14.3. The van der Waals surface area contributed by atoms with Gasteiger partial charge in [-0.1, -0.05) is 158 Å². The molecule has 58 heavy (non-hydrogen) atoms. The Balaban J connectivity index is 1.02. The number of hydrogen-bond acceptors (Lipinski definition) is 4. The Kier molecular flexibility index (Phi) is 7.37. The smallest absolute Gasteiger partial charge is 0.235 e. The van der Waals surface area contributed by atoms with Gasteiger partial charge in [-0.25, -0.2) is 15.0 Å². The van der Waals surface area contributed by atoms with Crippen LogP contribution in [0, 0.1) is 0 Å². The fourth-order valence-electron chi connectivity index (χ4n) is 8.70. The third kappa shape index (κ3) is 5.18. The summed E-state index contributed by atoms with van der Waals surface area (Å²) >= 11 is 1.87. The van der Waals surface area contributed by atoms with Gasteiger partial charge in [0, 0.05) is 63.8 Å². The first-order valence-corrected chi connectivity index (χ1v) is 20.3. The van der Waals surface area contributed by atoms with Gasteiger partial charge < -0.3 is 0 Å². The van der Waals surface area contributed by atoms with Crippen molar-refractivity contribution in [3.05, 3.63) is 194 Å². The van der Waals surface area contributed by atoms with Crippen LogP contribution < -0.4 is 0 Å². The van der Waals surface area contributed by atoms with Crippen molar-refractivity contribution in [1.82, 2.24) is 19.5 Å². The fourth-order valence-corrected chi connectivity index (χ4v) is 10.0. The molecule has 0 spiro atoms.